The highest BCUT2D eigenvalue weighted by molar-refractivity contribution is 7.89. The highest BCUT2D eigenvalue weighted by Crippen LogP contribution is 2.11. The molecule has 0 saturated heterocycles. The minimum Gasteiger partial charge on any atom is -0.396 e. The summed E-state index contributed by atoms with van der Waals surface area (Å²) in [4.78, 5) is 7.30. The van der Waals surface area contributed by atoms with Gasteiger partial charge in [0.05, 0.1) is 4.90 Å². The number of hydrogen-bond donors (Lipinski definition) is 3. The summed E-state index contributed by atoms with van der Waals surface area (Å²) in [5, 5.41) is 8.83. The third-order valence-electron chi connectivity index (χ3n) is 3.07. The van der Waals surface area contributed by atoms with Crippen molar-refractivity contribution in [3.05, 3.63) is 48.0 Å². The van der Waals surface area contributed by atoms with Crippen LogP contribution in [0.2, 0.25) is 0 Å². The molecule has 1 aromatic carbocycles. The minimum absolute atomic E-state index is 0.0527. The molecular weight excluding hydrogens is 290 g/mol. The predicted octanol–water partition coefficient (Wildman–Crippen LogP) is 0.856. The fourth-order valence-corrected chi connectivity index (χ4v) is 3.02. The first kappa shape index (κ1) is 15.7. The number of aryl methyl sites for hydroxylation is 1. The van der Waals surface area contributed by atoms with Crippen LogP contribution in [0.5, 0.6) is 0 Å². The number of hydrogen-bond acceptors (Lipinski definition) is 4. The van der Waals surface area contributed by atoms with E-state index in [2.05, 4.69) is 14.7 Å². The Hall–Kier alpha value is -1.70. The highest BCUT2D eigenvalue weighted by Gasteiger charge is 2.12. The van der Waals surface area contributed by atoms with Gasteiger partial charge in [-0.1, -0.05) is 12.1 Å². The third kappa shape index (κ3) is 4.66. The van der Waals surface area contributed by atoms with Crippen LogP contribution in [0.25, 0.3) is 0 Å². The third-order valence-corrected chi connectivity index (χ3v) is 4.55. The van der Waals surface area contributed by atoms with Gasteiger partial charge < -0.3 is 10.1 Å². The second-order valence-electron chi connectivity index (χ2n) is 4.65. The number of nitrogens with one attached hydrogen (secondary N) is 2. The van der Waals surface area contributed by atoms with E-state index < -0.39 is 10.0 Å². The first-order valence-electron chi connectivity index (χ1n) is 6.79. The number of benzene rings is 1. The standard InChI is InChI=1S/C14H19N3O3S/c18-11-7-12-3-5-13(6-4-12)21(19,20)17-8-1-2-14-15-9-10-16-14/h3-6,9-10,17-18H,1-2,7-8,11H2,(H,15,16). The number of sulfonamides is 1. The van der Waals surface area contributed by atoms with Gasteiger partial charge in [-0.15, -0.1) is 0 Å². The molecule has 0 aliphatic heterocycles. The Kier molecular flexibility index (Phi) is 5.49. The van der Waals surface area contributed by atoms with Crippen LogP contribution in [0.15, 0.2) is 41.6 Å². The lowest BCUT2D eigenvalue weighted by Crippen LogP contribution is -2.25. The lowest BCUT2D eigenvalue weighted by Gasteiger charge is -2.07. The summed E-state index contributed by atoms with van der Waals surface area (Å²) in [5.74, 6) is 0.850. The van der Waals surface area contributed by atoms with Crippen molar-refractivity contribution in [2.24, 2.45) is 0 Å². The number of aliphatic hydroxyl groups excluding tert-OH is 1. The Labute approximate surface area is 124 Å². The molecule has 2 rings (SSSR count). The zero-order chi connectivity index (χ0) is 15.1. The van der Waals surface area contributed by atoms with E-state index in [-0.39, 0.29) is 11.5 Å². The molecule has 0 saturated carbocycles. The number of imidazole rings is 1. The van der Waals surface area contributed by atoms with Gasteiger partial charge in [-0.3, -0.25) is 0 Å². The Balaban J connectivity index is 1.85. The van der Waals surface area contributed by atoms with Crippen LogP contribution < -0.4 is 4.72 Å². The molecule has 1 aromatic heterocycles. The largest absolute Gasteiger partial charge is 0.396 e. The summed E-state index contributed by atoms with van der Waals surface area (Å²) in [6.07, 6.45) is 5.32. The molecule has 0 spiro atoms. The monoisotopic (exact) mass is 309 g/mol. The van der Waals surface area contributed by atoms with Crippen LogP contribution in [-0.4, -0.2) is 36.6 Å². The Morgan fingerprint density at radius 1 is 1.19 bits per heavy atom. The summed E-state index contributed by atoms with van der Waals surface area (Å²) in [6.45, 7) is 0.415. The summed E-state index contributed by atoms with van der Waals surface area (Å²) < 4.78 is 26.7. The molecule has 1 heterocycles. The minimum atomic E-state index is -3.48. The van der Waals surface area contributed by atoms with Gasteiger partial charge in [0, 0.05) is 32.0 Å². The van der Waals surface area contributed by atoms with Crippen LogP contribution in [0.1, 0.15) is 17.8 Å². The molecule has 6 nitrogen and oxygen atoms in total. The van der Waals surface area contributed by atoms with E-state index in [1.807, 2.05) is 0 Å². The van der Waals surface area contributed by atoms with E-state index >= 15 is 0 Å². The molecule has 7 heteroatoms. The molecule has 21 heavy (non-hydrogen) atoms. The molecule has 0 radical (unpaired) electrons. The van der Waals surface area contributed by atoms with Gasteiger partial charge in [-0.2, -0.15) is 0 Å². The Morgan fingerprint density at radius 3 is 2.57 bits per heavy atom. The lowest BCUT2D eigenvalue weighted by molar-refractivity contribution is 0.299. The van der Waals surface area contributed by atoms with Crippen LogP contribution in [-0.2, 0) is 22.9 Å². The van der Waals surface area contributed by atoms with Gasteiger partial charge in [-0.25, -0.2) is 18.1 Å². The highest BCUT2D eigenvalue weighted by atomic mass is 32.2. The normalized spacial score (nSPS) is 11.7. The number of H-pyrrole nitrogens is 1. The Bertz CT molecular complexity index is 637. The van der Waals surface area contributed by atoms with Gasteiger partial charge in [0.15, 0.2) is 0 Å². The predicted molar refractivity (Wildman–Crippen MR) is 79.3 cm³/mol. The van der Waals surface area contributed by atoms with E-state index in [1.165, 1.54) is 0 Å². The molecular formula is C14H19N3O3S. The molecule has 0 aliphatic carbocycles. The summed E-state index contributed by atoms with van der Waals surface area (Å²) in [6, 6.07) is 6.54. The van der Waals surface area contributed by atoms with Gasteiger partial charge in [0.1, 0.15) is 5.82 Å². The maximum atomic E-state index is 12.1. The number of aromatic nitrogens is 2. The number of nitrogens with zero attached hydrogens (tertiary/aromatic N) is 1. The lowest BCUT2D eigenvalue weighted by atomic mass is 10.2. The first-order valence-corrected chi connectivity index (χ1v) is 8.28. The zero-order valence-electron chi connectivity index (χ0n) is 11.6. The molecule has 2 aromatic rings. The van der Waals surface area contributed by atoms with Crippen molar-refractivity contribution < 1.29 is 13.5 Å². The van der Waals surface area contributed by atoms with Crippen LogP contribution in [0, 0.1) is 0 Å². The molecule has 3 N–H and O–H groups in total. The van der Waals surface area contributed by atoms with Gasteiger partial charge >= 0.3 is 0 Å². The van der Waals surface area contributed by atoms with Gasteiger partial charge in [0.2, 0.25) is 10.0 Å². The van der Waals surface area contributed by atoms with Crippen LogP contribution >= 0.6 is 0 Å². The molecule has 0 bridgehead atoms. The van der Waals surface area contributed by atoms with E-state index in [4.69, 9.17) is 5.11 Å². The maximum Gasteiger partial charge on any atom is 0.240 e. The zero-order valence-corrected chi connectivity index (χ0v) is 12.4. The van der Waals surface area contributed by atoms with Gasteiger partial charge in [-0.05, 0) is 30.5 Å². The first-order chi connectivity index (χ1) is 10.1. The molecule has 0 atom stereocenters. The summed E-state index contributed by atoms with van der Waals surface area (Å²) >= 11 is 0. The van der Waals surface area contributed by atoms with E-state index in [1.54, 1.807) is 36.7 Å². The van der Waals surface area contributed by atoms with Gasteiger partial charge in [0.25, 0.3) is 0 Å². The van der Waals surface area contributed by atoms with Crippen molar-refractivity contribution in [3.63, 3.8) is 0 Å². The van der Waals surface area contributed by atoms with Crippen molar-refractivity contribution in [1.29, 1.82) is 0 Å². The second kappa shape index (κ2) is 7.35. The maximum absolute atomic E-state index is 12.1. The summed E-state index contributed by atoms with van der Waals surface area (Å²) in [5.41, 5.74) is 0.911. The second-order valence-corrected chi connectivity index (χ2v) is 6.42. The van der Waals surface area contributed by atoms with E-state index in [0.717, 1.165) is 11.4 Å². The SMILES string of the molecule is O=S(=O)(NCCCc1ncc[nH]1)c1ccc(CCO)cc1. The molecule has 0 fully saturated rings. The van der Waals surface area contributed by atoms with E-state index in [0.29, 0.717) is 25.8 Å². The average Bonchev–Trinajstić information content (AvgIpc) is 2.98. The average molecular weight is 309 g/mol. The molecule has 0 unspecified atom stereocenters. The molecule has 114 valence electrons. The molecule has 0 amide bonds. The van der Waals surface area contributed by atoms with Crippen LogP contribution in [0.3, 0.4) is 0 Å². The fourth-order valence-electron chi connectivity index (χ4n) is 1.94. The van der Waals surface area contributed by atoms with E-state index in [9.17, 15) is 8.42 Å². The van der Waals surface area contributed by atoms with Crippen molar-refractivity contribution >= 4 is 10.0 Å². The topological polar surface area (TPSA) is 95.1 Å². The quantitative estimate of drug-likeness (QED) is 0.630. The van der Waals surface area contributed by atoms with Crippen molar-refractivity contribution in [3.8, 4) is 0 Å². The van der Waals surface area contributed by atoms with Crippen molar-refractivity contribution in [2.75, 3.05) is 13.2 Å². The Morgan fingerprint density at radius 2 is 1.95 bits per heavy atom. The van der Waals surface area contributed by atoms with Crippen molar-refractivity contribution in [1.82, 2.24) is 14.7 Å². The van der Waals surface area contributed by atoms with Crippen LogP contribution in [0.4, 0.5) is 0 Å². The smallest absolute Gasteiger partial charge is 0.240 e. The number of aliphatic hydroxyl groups is 1. The van der Waals surface area contributed by atoms with Crippen molar-refractivity contribution in [2.45, 2.75) is 24.2 Å². The number of aromatic amines is 1. The number of rotatable bonds is 8. The fraction of sp³-hybridized carbons (Fsp3) is 0.357. The molecule has 0 aliphatic rings. The summed E-state index contributed by atoms with van der Waals surface area (Å²) in [7, 11) is -3.48.